The molecule has 0 saturated heterocycles. The minimum Gasteiger partial charge on any atom is -0.207 e. The van der Waals surface area contributed by atoms with E-state index in [-0.39, 0.29) is 10.0 Å². The van der Waals surface area contributed by atoms with Crippen LogP contribution in [-0.4, -0.2) is 0 Å². The summed E-state index contributed by atoms with van der Waals surface area (Å²) in [4.78, 5) is 0. The van der Waals surface area contributed by atoms with Gasteiger partial charge in [0.15, 0.2) is 0 Å². The van der Waals surface area contributed by atoms with E-state index < -0.39 is 11.6 Å². The molecule has 4 aromatic carbocycles. The van der Waals surface area contributed by atoms with Gasteiger partial charge in [-0.3, -0.25) is 0 Å². The zero-order chi connectivity index (χ0) is 21.7. The van der Waals surface area contributed by atoms with E-state index in [9.17, 15) is 8.78 Å². The van der Waals surface area contributed by atoms with E-state index in [0.29, 0.717) is 20.1 Å². The van der Waals surface area contributed by atoms with Crippen molar-refractivity contribution in [2.24, 2.45) is 0 Å². The maximum absolute atomic E-state index is 13.8. The van der Waals surface area contributed by atoms with Gasteiger partial charge >= 0.3 is 0 Å². The Morgan fingerprint density at radius 1 is 0.500 bits per heavy atom. The molecular weight excluding hydrogens is 693 g/mol. The van der Waals surface area contributed by atoms with E-state index >= 15 is 0 Å². The SMILES string of the molecule is Fc1cc(Cl)c(-c2c(Br)ccc3c(-c4c(Cl)cc(F)cc4Br)c(Br)ccc23)c(Br)c1. The molecule has 4 rings (SSSR count). The van der Waals surface area contributed by atoms with Gasteiger partial charge < -0.3 is 0 Å². The molecule has 8 heteroatoms. The second-order valence-corrected chi connectivity index (χ2v) is 10.7. The van der Waals surface area contributed by atoms with Crippen molar-refractivity contribution in [3.05, 3.63) is 88.1 Å². The van der Waals surface area contributed by atoms with Crippen molar-refractivity contribution in [1.82, 2.24) is 0 Å². The molecule has 0 aliphatic heterocycles. The molecule has 4 aromatic rings. The highest BCUT2D eigenvalue weighted by atomic mass is 79.9. The summed E-state index contributed by atoms with van der Waals surface area (Å²) >= 11 is 27.0. The first-order valence-corrected chi connectivity index (χ1v) is 12.3. The molecule has 0 aromatic heterocycles. The Kier molecular flexibility index (Phi) is 6.65. The highest BCUT2D eigenvalue weighted by Crippen LogP contribution is 2.48. The summed E-state index contributed by atoms with van der Waals surface area (Å²) in [6.45, 7) is 0. The summed E-state index contributed by atoms with van der Waals surface area (Å²) in [5, 5.41) is 2.29. The van der Waals surface area contributed by atoms with Crippen LogP contribution in [0.25, 0.3) is 33.0 Å². The van der Waals surface area contributed by atoms with Gasteiger partial charge in [-0.1, -0.05) is 67.2 Å². The molecule has 0 amide bonds. The summed E-state index contributed by atoms with van der Waals surface area (Å²) in [6, 6.07) is 13.0. The van der Waals surface area contributed by atoms with Crippen LogP contribution in [0.15, 0.2) is 66.4 Å². The highest BCUT2D eigenvalue weighted by molar-refractivity contribution is 9.11. The van der Waals surface area contributed by atoms with Gasteiger partial charge in [-0.2, -0.15) is 0 Å². The third-order valence-corrected chi connectivity index (χ3v) is 7.78. The first-order valence-electron chi connectivity index (χ1n) is 8.39. The fraction of sp³-hybridized carbons (Fsp3) is 0. The van der Waals surface area contributed by atoms with Crippen molar-refractivity contribution >= 4 is 97.7 Å². The molecule has 0 aliphatic rings. The Hall–Kier alpha value is -0.500. The quantitative estimate of drug-likeness (QED) is 0.195. The number of halogens is 8. The van der Waals surface area contributed by atoms with E-state index in [0.717, 1.165) is 30.8 Å². The summed E-state index contributed by atoms with van der Waals surface area (Å²) in [5.74, 6) is -0.866. The second-order valence-electron chi connectivity index (χ2n) is 6.43. The molecule has 0 unspecified atom stereocenters. The Morgan fingerprint density at radius 2 is 0.867 bits per heavy atom. The van der Waals surface area contributed by atoms with E-state index in [1.807, 2.05) is 24.3 Å². The molecule has 0 bridgehead atoms. The largest absolute Gasteiger partial charge is 0.207 e. The molecule has 0 spiro atoms. The van der Waals surface area contributed by atoms with Crippen molar-refractivity contribution in [2.45, 2.75) is 0 Å². The Bertz CT molecular complexity index is 1190. The molecule has 0 nitrogen and oxygen atoms in total. The van der Waals surface area contributed by atoms with Gasteiger partial charge in [-0.15, -0.1) is 0 Å². The van der Waals surface area contributed by atoms with Crippen molar-refractivity contribution in [1.29, 1.82) is 0 Å². The number of rotatable bonds is 2. The molecule has 0 aliphatic carbocycles. The summed E-state index contributed by atoms with van der Waals surface area (Å²) in [6.07, 6.45) is 0. The molecule has 30 heavy (non-hydrogen) atoms. The lowest BCUT2D eigenvalue weighted by Gasteiger charge is -2.18. The number of fused-ring (bicyclic) bond motifs is 1. The Balaban J connectivity index is 2.14. The van der Waals surface area contributed by atoms with Crippen LogP contribution in [0.2, 0.25) is 10.0 Å². The molecular formula is C22H8Br4Cl2F2. The average Bonchev–Trinajstić information content (AvgIpc) is 2.63. The number of hydrogen-bond donors (Lipinski definition) is 0. The fourth-order valence-electron chi connectivity index (χ4n) is 3.42. The lowest BCUT2D eigenvalue weighted by atomic mass is 9.92. The van der Waals surface area contributed by atoms with E-state index in [1.165, 1.54) is 24.3 Å². The molecule has 0 heterocycles. The van der Waals surface area contributed by atoms with E-state index in [1.54, 1.807) is 0 Å². The zero-order valence-electron chi connectivity index (χ0n) is 14.6. The van der Waals surface area contributed by atoms with Crippen molar-refractivity contribution in [2.75, 3.05) is 0 Å². The van der Waals surface area contributed by atoms with Gasteiger partial charge in [-0.05, 0) is 79.0 Å². The number of benzene rings is 4. The van der Waals surface area contributed by atoms with Crippen molar-refractivity contribution < 1.29 is 8.78 Å². The lowest BCUT2D eigenvalue weighted by molar-refractivity contribution is 0.627. The summed E-state index contributed by atoms with van der Waals surface area (Å²) in [5.41, 5.74) is 2.92. The van der Waals surface area contributed by atoms with Crippen LogP contribution in [0.5, 0.6) is 0 Å². The van der Waals surface area contributed by atoms with Gasteiger partial charge in [0, 0.05) is 40.1 Å². The molecule has 152 valence electrons. The minimum absolute atomic E-state index is 0.278. The predicted octanol–water partition coefficient (Wildman–Crippen LogP) is 10.8. The van der Waals surface area contributed by atoms with Crippen molar-refractivity contribution in [3.8, 4) is 22.3 Å². The molecule has 0 radical (unpaired) electrons. The maximum atomic E-state index is 13.8. The standard InChI is InChI=1S/C22H8Br4Cl2F2/c23-13-3-1-11-12(20(13)22-16(26)6-10(30)8-18(22)28)2-4-14(24)19(11)21-15(25)5-9(29)7-17(21)27/h1-8H. The predicted molar refractivity (Wildman–Crippen MR) is 136 cm³/mol. The molecule has 0 atom stereocenters. The Labute approximate surface area is 215 Å². The third kappa shape index (κ3) is 4.00. The van der Waals surface area contributed by atoms with Crippen LogP contribution in [0.1, 0.15) is 0 Å². The second kappa shape index (κ2) is 8.80. The van der Waals surface area contributed by atoms with Crippen LogP contribution >= 0.6 is 86.9 Å². The van der Waals surface area contributed by atoms with Crippen molar-refractivity contribution in [3.63, 3.8) is 0 Å². The van der Waals surface area contributed by atoms with Crippen LogP contribution in [0.4, 0.5) is 8.78 Å². The third-order valence-electron chi connectivity index (χ3n) is 4.61. The van der Waals surface area contributed by atoms with Gasteiger partial charge in [-0.25, -0.2) is 8.78 Å². The topological polar surface area (TPSA) is 0 Å². The normalized spacial score (nSPS) is 11.3. The van der Waals surface area contributed by atoms with Gasteiger partial charge in [0.1, 0.15) is 11.6 Å². The zero-order valence-corrected chi connectivity index (χ0v) is 22.5. The van der Waals surface area contributed by atoms with E-state index in [2.05, 4.69) is 63.7 Å². The fourth-order valence-corrected chi connectivity index (χ4v) is 6.60. The van der Waals surface area contributed by atoms with Crippen LogP contribution in [0, 0.1) is 11.6 Å². The number of hydrogen-bond acceptors (Lipinski definition) is 0. The maximum Gasteiger partial charge on any atom is 0.125 e. The first-order chi connectivity index (χ1) is 14.2. The lowest BCUT2D eigenvalue weighted by Crippen LogP contribution is -1.92. The smallest absolute Gasteiger partial charge is 0.125 e. The van der Waals surface area contributed by atoms with Gasteiger partial charge in [0.2, 0.25) is 0 Å². The summed E-state index contributed by atoms with van der Waals surface area (Å²) in [7, 11) is 0. The molecule has 0 saturated carbocycles. The van der Waals surface area contributed by atoms with Gasteiger partial charge in [0.25, 0.3) is 0 Å². The van der Waals surface area contributed by atoms with Crippen LogP contribution < -0.4 is 0 Å². The van der Waals surface area contributed by atoms with E-state index in [4.69, 9.17) is 23.2 Å². The molecule has 0 fully saturated rings. The highest BCUT2D eigenvalue weighted by Gasteiger charge is 2.21. The summed E-state index contributed by atoms with van der Waals surface area (Å²) < 4.78 is 30.3. The van der Waals surface area contributed by atoms with Crippen LogP contribution in [-0.2, 0) is 0 Å². The molecule has 0 N–H and O–H groups in total. The monoisotopic (exact) mass is 696 g/mol. The first kappa shape index (κ1) is 22.7. The van der Waals surface area contributed by atoms with Gasteiger partial charge in [0.05, 0.1) is 10.0 Å². The minimum atomic E-state index is -0.433. The average molecular weight is 701 g/mol. The van der Waals surface area contributed by atoms with Crippen LogP contribution in [0.3, 0.4) is 0 Å². The Morgan fingerprint density at radius 3 is 1.20 bits per heavy atom.